The van der Waals surface area contributed by atoms with Gasteiger partial charge in [0.2, 0.25) is 0 Å². The lowest BCUT2D eigenvalue weighted by molar-refractivity contribution is 0.0531. The van der Waals surface area contributed by atoms with Gasteiger partial charge >= 0.3 is 16.1 Å². The predicted molar refractivity (Wildman–Crippen MR) is 106 cm³/mol. The van der Waals surface area contributed by atoms with Crippen molar-refractivity contribution < 1.29 is 26.9 Å². The lowest BCUT2D eigenvalue weighted by Gasteiger charge is -2.08. The molecule has 2 aromatic heterocycles. The molecule has 0 radical (unpaired) electrons. The van der Waals surface area contributed by atoms with Crippen LogP contribution < -0.4 is 4.18 Å². The summed E-state index contributed by atoms with van der Waals surface area (Å²) in [6.45, 7) is 3.66. The standard InChI is InChI=1S/C18H15NO6S3/c1-3-24-18(21)16-11(2)19-17(27-16)12-6-7-14(13(9-12)10-20)25-28(22,23)15-5-4-8-26-15/h4-10H,3H2,1-2H3. The highest BCUT2D eigenvalue weighted by molar-refractivity contribution is 7.89. The topological polar surface area (TPSA) is 99.6 Å². The molecule has 0 saturated heterocycles. The van der Waals surface area contributed by atoms with E-state index in [0.717, 1.165) is 22.7 Å². The number of rotatable bonds is 7. The molecule has 3 aromatic rings. The molecule has 0 aliphatic heterocycles. The fourth-order valence-corrected chi connectivity index (χ4v) is 5.18. The number of thiophene rings is 1. The van der Waals surface area contributed by atoms with Crippen LogP contribution in [0.4, 0.5) is 0 Å². The van der Waals surface area contributed by atoms with Crippen LogP contribution in [0.15, 0.2) is 39.9 Å². The average Bonchev–Trinajstić information content (AvgIpc) is 3.32. The second-order valence-electron chi connectivity index (χ2n) is 5.49. The molecule has 0 fully saturated rings. The Balaban J connectivity index is 1.93. The molecule has 0 atom stereocenters. The van der Waals surface area contributed by atoms with E-state index in [1.807, 2.05) is 0 Å². The van der Waals surface area contributed by atoms with Crippen LogP contribution in [0.5, 0.6) is 5.75 Å². The number of aldehydes is 1. The van der Waals surface area contributed by atoms with Crippen LogP contribution in [0.2, 0.25) is 0 Å². The molecule has 3 rings (SSSR count). The molecule has 10 heteroatoms. The Kier molecular flexibility index (Phi) is 5.92. The number of hydrogen-bond donors (Lipinski definition) is 0. The number of aryl methyl sites for hydroxylation is 1. The van der Waals surface area contributed by atoms with Crippen LogP contribution in [0.25, 0.3) is 10.6 Å². The second-order valence-corrected chi connectivity index (χ2v) is 9.21. The molecule has 1 aromatic carbocycles. The number of thiazole rings is 1. The van der Waals surface area contributed by atoms with Crippen molar-refractivity contribution in [1.29, 1.82) is 0 Å². The quantitative estimate of drug-likeness (QED) is 0.314. The van der Waals surface area contributed by atoms with Crippen molar-refractivity contribution in [2.24, 2.45) is 0 Å². The number of carbonyl (C=O) groups is 2. The molecule has 28 heavy (non-hydrogen) atoms. The zero-order valence-electron chi connectivity index (χ0n) is 14.9. The number of aromatic nitrogens is 1. The Labute approximate surface area is 169 Å². The number of benzene rings is 1. The highest BCUT2D eigenvalue weighted by Crippen LogP contribution is 2.32. The zero-order chi connectivity index (χ0) is 20.3. The van der Waals surface area contributed by atoms with Crippen LogP contribution >= 0.6 is 22.7 Å². The number of esters is 1. The molecule has 2 heterocycles. The molecule has 0 aliphatic carbocycles. The summed E-state index contributed by atoms with van der Waals surface area (Å²) in [5.74, 6) is -0.535. The van der Waals surface area contributed by atoms with Gasteiger partial charge in [0.25, 0.3) is 0 Å². The summed E-state index contributed by atoms with van der Waals surface area (Å²) in [6, 6.07) is 7.46. The summed E-state index contributed by atoms with van der Waals surface area (Å²) >= 11 is 2.16. The van der Waals surface area contributed by atoms with Gasteiger partial charge in [0.05, 0.1) is 17.9 Å². The number of nitrogens with zero attached hydrogens (tertiary/aromatic N) is 1. The minimum atomic E-state index is -4.01. The molecule has 0 spiro atoms. The van der Waals surface area contributed by atoms with Crippen molar-refractivity contribution in [3.63, 3.8) is 0 Å². The molecule has 0 bridgehead atoms. The monoisotopic (exact) mass is 437 g/mol. The summed E-state index contributed by atoms with van der Waals surface area (Å²) in [4.78, 5) is 28.2. The minimum Gasteiger partial charge on any atom is -0.462 e. The minimum absolute atomic E-state index is 0.0445. The second kappa shape index (κ2) is 8.21. The van der Waals surface area contributed by atoms with Gasteiger partial charge in [-0.2, -0.15) is 8.42 Å². The predicted octanol–water partition coefficient (Wildman–Crippen LogP) is 3.94. The van der Waals surface area contributed by atoms with Crippen molar-refractivity contribution in [3.8, 4) is 16.3 Å². The molecule has 0 aliphatic rings. The van der Waals surface area contributed by atoms with Gasteiger partial charge < -0.3 is 8.92 Å². The molecule has 146 valence electrons. The van der Waals surface area contributed by atoms with Crippen LogP contribution in [-0.4, -0.2) is 32.3 Å². The summed E-state index contributed by atoms with van der Waals surface area (Å²) in [6.07, 6.45) is 0.509. The van der Waals surface area contributed by atoms with Gasteiger partial charge in [0.15, 0.2) is 16.2 Å². The maximum atomic E-state index is 12.3. The Hall–Kier alpha value is -2.56. The van der Waals surface area contributed by atoms with Crippen molar-refractivity contribution in [2.75, 3.05) is 6.61 Å². The van der Waals surface area contributed by atoms with E-state index in [9.17, 15) is 18.0 Å². The lowest BCUT2D eigenvalue weighted by atomic mass is 10.1. The zero-order valence-corrected chi connectivity index (χ0v) is 17.3. The third kappa shape index (κ3) is 4.13. The first-order chi connectivity index (χ1) is 13.4. The van der Waals surface area contributed by atoms with Gasteiger partial charge in [-0.1, -0.05) is 6.07 Å². The van der Waals surface area contributed by atoms with E-state index >= 15 is 0 Å². The fraction of sp³-hybridized carbons (Fsp3) is 0.167. The van der Waals surface area contributed by atoms with E-state index in [1.54, 1.807) is 31.4 Å². The first-order valence-corrected chi connectivity index (χ1v) is 11.2. The third-order valence-electron chi connectivity index (χ3n) is 3.58. The van der Waals surface area contributed by atoms with Crippen molar-refractivity contribution >= 4 is 45.0 Å². The van der Waals surface area contributed by atoms with Crippen LogP contribution in [0.3, 0.4) is 0 Å². The van der Waals surface area contributed by atoms with Crippen LogP contribution in [0, 0.1) is 6.92 Å². The molecule has 0 amide bonds. The number of carbonyl (C=O) groups excluding carboxylic acids is 2. The van der Waals surface area contributed by atoms with Gasteiger partial charge in [-0.3, -0.25) is 4.79 Å². The molecular weight excluding hydrogens is 422 g/mol. The summed E-state index contributed by atoms with van der Waals surface area (Å²) in [5.41, 5.74) is 1.14. The van der Waals surface area contributed by atoms with Crippen LogP contribution in [0.1, 0.15) is 32.6 Å². The van der Waals surface area contributed by atoms with E-state index in [1.165, 1.54) is 18.2 Å². The average molecular weight is 438 g/mol. The summed E-state index contributed by atoms with van der Waals surface area (Å²) in [7, 11) is -4.01. The van der Waals surface area contributed by atoms with Crippen molar-refractivity contribution in [2.45, 2.75) is 18.1 Å². The first kappa shape index (κ1) is 20.2. The van der Waals surface area contributed by atoms with Gasteiger partial charge in [0, 0.05) is 5.56 Å². The smallest absolute Gasteiger partial charge is 0.350 e. The maximum absolute atomic E-state index is 12.3. The molecule has 0 N–H and O–H groups in total. The van der Waals surface area contributed by atoms with E-state index in [-0.39, 0.29) is 22.1 Å². The van der Waals surface area contributed by atoms with Crippen molar-refractivity contribution in [3.05, 3.63) is 51.8 Å². The molecular formula is C18H15NO6S3. The largest absolute Gasteiger partial charge is 0.462 e. The Morgan fingerprint density at radius 1 is 1.29 bits per heavy atom. The lowest BCUT2D eigenvalue weighted by Crippen LogP contribution is -2.09. The van der Waals surface area contributed by atoms with Gasteiger partial charge in [-0.25, -0.2) is 9.78 Å². The van der Waals surface area contributed by atoms with Gasteiger partial charge in [0.1, 0.15) is 9.88 Å². The van der Waals surface area contributed by atoms with E-state index < -0.39 is 16.1 Å². The normalized spacial score (nSPS) is 11.2. The Morgan fingerprint density at radius 3 is 2.71 bits per heavy atom. The maximum Gasteiger partial charge on any atom is 0.350 e. The Morgan fingerprint density at radius 2 is 2.07 bits per heavy atom. The van der Waals surface area contributed by atoms with Crippen LogP contribution in [-0.2, 0) is 14.9 Å². The molecule has 0 unspecified atom stereocenters. The highest BCUT2D eigenvalue weighted by atomic mass is 32.3. The summed E-state index contributed by atoms with van der Waals surface area (Å²) < 4.78 is 34.7. The first-order valence-electron chi connectivity index (χ1n) is 8.08. The number of hydrogen-bond acceptors (Lipinski definition) is 9. The molecule has 7 nitrogen and oxygen atoms in total. The highest BCUT2D eigenvalue weighted by Gasteiger charge is 2.21. The molecule has 0 saturated carbocycles. The third-order valence-corrected chi connectivity index (χ3v) is 7.36. The van der Waals surface area contributed by atoms with Gasteiger partial charge in [-0.05, 0) is 43.5 Å². The van der Waals surface area contributed by atoms with Crippen molar-refractivity contribution in [1.82, 2.24) is 4.98 Å². The fourth-order valence-electron chi connectivity index (χ4n) is 2.32. The van der Waals surface area contributed by atoms with E-state index in [4.69, 9.17) is 8.92 Å². The van der Waals surface area contributed by atoms with E-state index in [2.05, 4.69) is 4.98 Å². The SMILES string of the molecule is CCOC(=O)c1sc(-c2ccc(OS(=O)(=O)c3cccs3)c(C=O)c2)nc1C. The van der Waals surface area contributed by atoms with E-state index in [0.29, 0.717) is 27.4 Å². The number of ether oxygens (including phenoxy) is 1. The van der Waals surface area contributed by atoms with Gasteiger partial charge in [-0.15, -0.1) is 22.7 Å². The summed E-state index contributed by atoms with van der Waals surface area (Å²) in [5, 5.41) is 2.13. The Bertz CT molecular complexity index is 1120.